The third-order valence-electron chi connectivity index (χ3n) is 2.17. The zero-order chi connectivity index (χ0) is 11.7. The van der Waals surface area contributed by atoms with Crippen molar-refractivity contribution in [3.8, 4) is 0 Å². The summed E-state index contributed by atoms with van der Waals surface area (Å²) in [5, 5.41) is 0.803. The summed E-state index contributed by atoms with van der Waals surface area (Å²) in [5.74, 6) is -1.62. The third-order valence-corrected chi connectivity index (χ3v) is 2.46. The van der Waals surface area contributed by atoms with Crippen LogP contribution in [0.15, 0.2) is 18.5 Å². The molecule has 2 aromatic heterocycles. The summed E-state index contributed by atoms with van der Waals surface area (Å²) in [4.78, 5) is 29.4. The van der Waals surface area contributed by atoms with Crippen molar-refractivity contribution in [2.45, 2.75) is 0 Å². The second-order valence-electron chi connectivity index (χ2n) is 3.05. The van der Waals surface area contributed by atoms with E-state index in [1.807, 2.05) is 0 Å². The summed E-state index contributed by atoms with van der Waals surface area (Å²) < 4.78 is 4.36. The molecule has 0 aliphatic rings. The molecule has 0 saturated carbocycles. The molecule has 82 valence electrons. The Morgan fingerprint density at radius 1 is 1.50 bits per heavy atom. The van der Waals surface area contributed by atoms with E-state index in [0.717, 1.165) is 7.11 Å². The maximum Gasteiger partial charge on any atom is 0.379 e. The lowest BCUT2D eigenvalue weighted by Gasteiger charge is -1.97. The van der Waals surface area contributed by atoms with E-state index in [4.69, 9.17) is 11.6 Å². The van der Waals surface area contributed by atoms with E-state index in [-0.39, 0.29) is 10.7 Å². The van der Waals surface area contributed by atoms with Crippen LogP contribution in [0.5, 0.6) is 0 Å². The Labute approximate surface area is 95.4 Å². The standard InChI is InChI=1S/C10H7ClN2O3/c1-16-10(15)8(14)6-4-13-7-5(6)2-3-12-9(7)11/h2-4,13H,1H3. The summed E-state index contributed by atoms with van der Waals surface area (Å²) >= 11 is 5.82. The average molecular weight is 239 g/mol. The number of esters is 1. The van der Waals surface area contributed by atoms with Crippen LogP contribution < -0.4 is 0 Å². The van der Waals surface area contributed by atoms with E-state index in [1.165, 1.54) is 12.4 Å². The molecule has 0 bridgehead atoms. The van der Waals surface area contributed by atoms with Crippen LogP contribution in [0.25, 0.3) is 10.9 Å². The van der Waals surface area contributed by atoms with Gasteiger partial charge in [0.25, 0.3) is 5.78 Å². The number of carbonyl (C=O) groups is 2. The number of hydrogen-bond acceptors (Lipinski definition) is 4. The lowest BCUT2D eigenvalue weighted by molar-refractivity contribution is -0.135. The highest BCUT2D eigenvalue weighted by Gasteiger charge is 2.21. The molecule has 2 aromatic rings. The summed E-state index contributed by atoms with van der Waals surface area (Å²) in [7, 11) is 1.16. The molecule has 5 nitrogen and oxygen atoms in total. The molecular weight excluding hydrogens is 232 g/mol. The van der Waals surface area contributed by atoms with Gasteiger partial charge in [-0.25, -0.2) is 9.78 Å². The first-order valence-electron chi connectivity index (χ1n) is 4.39. The highest BCUT2D eigenvalue weighted by Crippen LogP contribution is 2.23. The summed E-state index contributed by atoms with van der Waals surface area (Å²) in [6, 6.07) is 1.61. The molecule has 6 heteroatoms. The number of ketones is 1. The lowest BCUT2D eigenvalue weighted by atomic mass is 10.1. The number of Topliss-reactive ketones (excluding diaryl/α,β-unsaturated/α-hetero) is 1. The fourth-order valence-electron chi connectivity index (χ4n) is 1.41. The van der Waals surface area contributed by atoms with Crippen molar-refractivity contribution in [2.24, 2.45) is 0 Å². The summed E-state index contributed by atoms with van der Waals surface area (Å²) in [6.07, 6.45) is 2.88. The SMILES string of the molecule is COC(=O)C(=O)c1c[nH]c2c(Cl)nccc12. The quantitative estimate of drug-likeness (QED) is 0.373. The van der Waals surface area contributed by atoms with Crippen molar-refractivity contribution in [1.29, 1.82) is 0 Å². The average Bonchev–Trinajstić information content (AvgIpc) is 2.72. The van der Waals surface area contributed by atoms with E-state index < -0.39 is 11.8 Å². The number of fused-ring (bicyclic) bond motifs is 1. The number of halogens is 1. The van der Waals surface area contributed by atoms with E-state index in [0.29, 0.717) is 10.9 Å². The van der Waals surface area contributed by atoms with Gasteiger partial charge in [0.15, 0.2) is 5.15 Å². The van der Waals surface area contributed by atoms with Gasteiger partial charge >= 0.3 is 5.97 Å². The molecular formula is C10H7ClN2O3. The number of rotatable bonds is 2. The molecule has 0 fully saturated rings. The number of carbonyl (C=O) groups excluding carboxylic acids is 2. The normalized spacial score (nSPS) is 10.4. The number of hydrogen-bond donors (Lipinski definition) is 1. The smallest absolute Gasteiger partial charge is 0.379 e. The van der Waals surface area contributed by atoms with E-state index in [9.17, 15) is 9.59 Å². The van der Waals surface area contributed by atoms with Gasteiger partial charge < -0.3 is 9.72 Å². The van der Waals surface area contributed by atoms with Crippen molar-refractivity contribution in [1.82, 2.24) is 9.97 Å². The van der Waals surface area contributed by atoms with Crippen LogP contribution in [0.3, 0.4) is 0 Å². The molecule has 0 aliphatic heterocycles. The van der Waals surface area contributed by atoms with E-state index >= 15 is 0 Å². The van der Waals surface area contributed by atoms with Gasteiger partial charge in [-0.3, -0.25) is 4.79 Å². The van der Waals surface area contributed by atoms with Gasteiger partial charge in [0.05, 0.1) is 18.2 Å². The Hall–Kier alpha value is -1.88. The zero-order valence-corrected chi connectivity index (χ0v) is 9.04. The highest BCUT2D eigenvalue weighted by atomic mass is 35.5. The molecule has 0 atom stereocenters. The number of ether oxygens (including phenoxy) is 1. The minimum atomic E-state index is -0.908. The van der Waals surface area contributed by atoms with Gasteiger partial charge in [-0.15, -0.1) is 0 Å². The topological polar surface area (TPSA) is 72.1 Å². The van der Waals surface area contributed by atoms with E-state index in [2.05, 4.69) is 14.7 Å². The molecule has 1 N–H and O–H groups in total. The number of aromatic amines is 1. The van der Waals surface area contributed by atoms with Gasteiger partial charge in [-0.2, -0.15) is 0 Å². The first-order valence-corrected chi connectivity index (χ1v) is 4.77. The van der Waals surface area contributed by atoms with Crippen molar-refractivity contribution >= 4 is 34.3 Å². The van der Waals surface area contributed by atoms with Crippen LogP contribution in [0, 0.1) is 0 Å². The van der Waals surface area contributed by atoms with Gasteiger partial charge in [-0.1, -0.05) is 11.6 Å². The van der Waals surface area contributed by atoms with Crippen molar-refractivity contribution in [3.63, 3.8) is 0 Å². The molecule has 0 amide bonds. The molecule has 0 radical (unpaired) electrons. The van der Waals surface area contributed by atoms with Gasteiger partial charge in [-0.05, 0) is 6.07 Å². The zero-order valence-electron chi connectivity index (χ0n) is 8.28. The predicted octanol–water partition coefficient (Wildman–Crippen LogP) is 1.57. The molecule has 2 heterocycles. The monoisotopic (exact) mass is 238 g/mol. The van der Waals surface area contributed by atoms with Crippen LogP contribution >= 0.6 is 11.6 Å². The molecule has 0 spiro atoms. The fourth-order valence-corrected chi connectivity index (χ4v) is 1.62. The molecule has 16 heavy (non-hydrogen) atoms. The summed E-state index contributed by atoms with van der Waals surface area (Å²) in [5.41, 5.74) is 0.752. The number of nitrogens with zero attached hydrogens (tertiary/aromatic N) is 1. The number of aromatic nitrogens is 2. The largest absolute Gasteiger partial charge is 0.463 e. The van der Waals surface area contributed by atoms with Gasteiger partial charge in [0.1, 0.15) is 0 Å². The minimum Gasteiger partial charge on any atom is -0.463 e. The number of pyridine rings is 1. The van der Waals surface area contributed by atoms with Crippen LogP contribution in [0.2, 0.25) is 5.15 Å². The van der Waals surface area contributed by atoms with Crippen molar-refractivity contribution < 1.29 is 14.3 Å². The van der Waals surface area contributed by atoms with Gasteiger partial charge in [0, 0.05) is 17.8 Å². The van der Waals surface area contributed by atoms with Crippen LogP contribution in [0.4, 0.5) is 0 Å². The predicted molar refractivity (Wildman–Crippen MR) is 57.5 cm³/mol. The second kappa shape index (κ2) is 3.94. The molecule has 0 saturated heterocycles. The Kier molecular flexibility index (Phi) is 2.62. The molecule has 0 aliphatic carbocycles. The van der Waals surface area contributed by atoms with Crippen LogP contribution in [-0.2, 0) is 9.53 Å². The van der Waals surface area contributed by atoms with Crippen LogP contribution in [0.1, 0.15) is 10.4 Å². The number of H-pyrrole nitrogens is 1. The Morgan fingerprint density at radius 3 is 2.94 bits per heavy atom. The number of nitrogens with one attached hydrogen (secondary N) is 1. The Morgan fingerprint density at radius 2 is 2.25 bits per heavy atom. The summed E-state index contributed by atoms with van der Waals surface area (Å²) in [6.45, 7) is 0. The third kappa shape index (κ3) is 1.55. The van der Waals surface area contributed by atoms with Crippen LogP contribution in [-0.4, -0.2) is 28.8 Å². The van der Waals surface area contributed by atoms with Gasteiger partial charge in [0.2, 0.25) is 0 Å². The first-order chi connectivity index (χ1) is 7.65. The van der Waals surface area contributed by atoms with Crippen molar-refractivity contribution in [2.75, 3.05) is 7.11 Å². The fraction of sp³-hybridized carbons (Fsp3) is 0.100. The van der Waals surface area contributed by atoms with Crippen molar-refractivity contribution in [3.05, 3.63) is 29.2 Å². The lowest BCUT2D eigenvalue weighted by Crippen LogP contribution is -2.15. The molecule has 0 aromatic carbocycles. The second-order valence-corrected chi connectivity index (χ2v) is 3.41. The molecule has 2 rings (SSSR count). The Balaban J connectivity index is 2.59. The maximum absolute atomic E-state index is 11.6. The number of methoxy groups -OCH3 is 1. The highest BCUT2D eigenvalue weighted by molar-refractivity contribution is 6.43. The molecule has 0 unspecified atom stereocenters. The maximum atomic E-state index is 11.6. The van der Waals surface area contributed by atoms with E-state index in [1.54, 1.807) is 6.07 Å². The Bertz CT molecular complexity index is 576. The first kappa shape index (κ1) is 10.6. The minimum absolute atomic E-state index is 0.228.